The summed E-state index contributed by atoms with van der Waals surface area (Å²) >= 11 is 2.39. The van der Waals surface area contributed by atoms with E-state index in [2.05, 4.69) is 29.5 Å². The van der Waals surface area contributed by atoms with E-state index in [0.29, 0.717) is 5.92 Å². The Kier molecular flexibility index (Phi) is 5.50. The number of rotatable bonds is 4. The lowest BCUT2D eigenvalue weighted by molar-refractivity contribution is -0.166. The summed E-state index contributed by atoms with van der Waals surface area (Å²) in [5.41, 5.74) is 0. The van der Waals surface area contributed by atoms with Crippen molar-refractivity contribution in [3.05, 3.63) is 0 Å². The normalized spacial score (nSPS) is 27.0. The minimum Gasteiger partial charge on any atom is -0.353 e. The number of ether oxygens (including phenoxy) is 2. The quantitative estimate of drug-likeness (QED) is 0.583. The molecule has 0 aromatic rings. The van der Waals surface area contributed by atoms with Crippen molar-refractivity contribution < 1.29 is 9.47 Å². The van der Waals surface area contributed by atoms with E-state index in [1.165, 1.54) is 12.8 Å². The Morgan fingerprint density at radius 3 is 3.00 bits per heavy atom. The van der Waals surface area contributed by atoms with E-state index in [0.717, 1.165) is 24.1 Å². The average molecular weight is 284 g/mol. The standard InChI is InChI=1S/C9H17IO2/c1-8(6-10)7-12-9-4-2-3-5-11-9/h8-9H,2-7H2,1H3/t8-,9?/m0/s1. The van der Waals surface area contributed by atoms with Gasteiger partial charge in [0.1, 0.15) is 0 Å². The highest BCUT2D eigenvalue weighted by atomic mass is 127. The lowest BCUT2D eigenvalue weighted by Gasteiger charge is -2.23. The molecule has 72 valence electrons. The Labute approximate surface area is 88.1 Å². The van der Waals surface area contributed by atoms with Gasteiger partial charge in [-0.25, -0.2) is 0 Å². The molecule has 1 fully saturated rings. The zero-order valence-corrected chi connectivity index (χ0v) is 9.75. The predicted octanol–water partition coefficient (Wildman–Crippen LogP) is 2.60. The van der Waals surface area contributed by atoms with E-state index in [1.807, 2.05) is 0 Å². The van der Waals surface area contributed by atoms with Gasteiger partial charge >= 0.3 is 0 Å². The molecule has 1 saturated heterocycles. The highest BCUT2D eigenvalue weighted by Gasteiger charge is 2.14. The second-order valence-corrected chi connectivity index (χ2v) is 4.27. The molecule has 0 spiro atoms. The lowest BCUT2D eigenvalue weighted by Crippen LogP contribution is -2.24. The molecule has 0 amide bonds. The zero-order valence-electron chi connectivity index (χ0n) is 7.59. The number of halogens is 1. The Bertz CT molecular complexity index is 113. The van der Waals surface area contributed by atoms with Crippen LogP contribution in [0.25, 0.3) is 0 Å². The van der Waals surface area contributed by atoms with E-state index in [-0.39, 0.29) is 6.29 Å². The fourth-order valence-electron chi connectivity index (χ4n) is 1.16. The minimum atomic E-state index is 0.0872. The molecule has 0 aromatic heterocycles. The van der Waals surface area contributed by atoms with Crippen molar-refractivity contribution in [2.75, 3.05) is 17.6 Å². The van der Waals surface area contributed by atoms with Gasteiger partial charge in [0.05, 0.1) is 6.61 Å². The molecular weight excluding hydrogens is 267 g/mol. The van der Waals surface area contributed by atoms with E-state index < -0.39 is 0 Å². The molecule has 2 nitrogen and oxygen atoms in total. The summed E-state index contributed by atoms with van der Waals surface area (Å²) in [6.07, 6.45) is 3.61. The van der Waals surface area contributed by atoms with E-state index in [9.17, 15) is 0 Å². The van der Waals surface area contributed by atoms with Gasteiger partial charge in [0.2, 0.25) is 0 Å². The van der Waals surface area contributed by atoms with Crippen molar-refractivity contribution >= 4 is 22.6 Å². The summed E-state index contributed by atoms with van der Waals surface area (Å²) in [6, 6.07) is 0. The van der Waals surface area contributed by atoms with Gasteiger partial charge in [0, 0.05) is 11.0 Å². The lowest BCUT2D eigenvalue weighted by atomic mass is 10.2. The molecule has 1 heterocycles. The van der Waals surface area contributed by atoms with E-state index >= 15 is 0 Å². The summed E-state index contributed by atoms with van der Waals surface area (Å²) in [5.74, 6) is 0.649. The van der Waals surface area contributed by atoms with Gasteiger partial charge in [-0.1, -0.05) is 29.5 Å². The highest BCUT2D eigenvalue weighted by molar-refractivity contribution is 14.1. The third-order valence-electron chi connectivity index (χ3n) is 1.97. The third kappa shape index (κ3) is 4.05. The highest BCUT2D eigenvalue weighted by Crippen LogP contribution is 2.14. The van der Waals surface area contributed by atoms with Gasteiger partial charge in [-0.2, -0.15) is 0 Å². The summed E-state index contributed by atoms with van der Waals surface area (Å²) in [4.78, 5) is 0. The van der Waals surface area contributed by atoms with Gasteiger partial charge < -0.3 is 9.47 Å². The fraction of sp³-hybridized carbons (Fsp3) is 1.00. The van der Waals surface area contributed by atoms with Crippen LogP contribution >= 0.6 is 22.6 Å². The summed E-state index contributed by atoms with van der Waals surface area (Å²) in [5, 5.41) is 0. The maximum absolute atomic E-state index is 5.61. The number of hydrogen-bond acceptors (Lipinski definition) is 2. The van der Waals surface area contributed by atoms with Crippen LogP contribution in [0.4, 0.5) is 0 Å². The number of alkyl halides is 1. The van der Waals surface area contributed by atoms with Crippen molar-refractivity contribution in [1.82, 2.24) is 0 Å². The Morgan fingerprint density at radius 2 is 2.42 bits per heavy atom. The Balaban J connectivity index is 2.05. The molecule has 0 aromatic carbocycles. The molecule has 0 aliphatic carbocycles. The van der Waals surface area contributed by atoms with Crippen LogP contribution in [0, 0.1) is 5.92 Å². The minimum absolute atomic E-state index is 0.0872. The van der Waals surface area contributed by atoms with Crippen LogP contribution in [0.5, 0.6) is 0 Å². The summed E-state index contributed by atoms with van der Waals surface area (Å²) in [7, 11) is 0. The van der Waals surface area contributed by atoms with Crippen LogP contribution in [0.1, 0.15) is 26.2 Å². The van der Waals surface area contributed by atoms with Crippen molar-refractivity contribution in [1.29, 1.82) is 0 Å². The maximum Gasteiger partial charge on any atom is 0.157 e. The molecule has 1 unspecified atom stereocenters. The molecule has 0 saturated carbocycles. The van der Waals surface area contributed by atoms with Gasteiger partial charge in [-0.05, 0) is 25.2 Å². The first-order chi connectivity index (χ1) is 5.83. The first kappa shape index (κ1) is 10.7. The fourth-order valence-corrected chi connectivity index (χ4v) is 1.41. The molecule has 0 N–H and O–H groups in total. The van der Waals surface area contributed by atoms with Crippen LogP contribution in [0.15, 0.2) is 0 Å². The Morgan fingerprint density at radius 1 is 1.58 bits per heavy atom. The van der Waals surface area contributed by atoms with E-state index in [1.54, 1.807) is 0 Å². The first-order valence-electron chi connectivity index (χ1n) is 4.62. The van der Waals surface area contributed by atoms with Crippen LogP contribution in [-0.2, 0) is 9.47 Å². The first-order valence-corrected chi connectivity index (χ1v) is 6.14. The van der Waals surface area contributed by atoms with Crippen LogP contribution in [0.3, 0.4) is 0 Å². The Hall–Kier alpha value is 0.650. The second-order valence-electron chi connectivity index (χ2n) is 3.39. The predicted molar refractivity (Wildman–Crippen MR) is 57.6 cm³/mol. The van der Waals surface area contributed by atoms with Gasteiger partial charge in [-0.3, -0.25) is 0 Å². The molecular formula is C9H17IO2. The van der Waals surface area contributed by atoms with Crippen molar-refractivity contribution in [3.63, 3.8) is 0 Å². The van der Waals surface area contributed by atoms with Crippen LogP contribution in [-0.4, -0.2) is 23.9 Å². The second kappa shape index (κ2) is 6.16. The number of hydrogen-bond donors (Lipinski definition) is 0. The molecule has 1 rings (SSSR count). The SMILES string of the molecule is C[C@@H](CI)COC1CCCCO1. The largest absolute Gasteiger partial charge is 0.353 e. The van der Waals surface area contributed by atoms with Crippen molar-refractivity contribution in [3.8, 4) is 0 Å². The van der Waals surface area contributed by atoms with Crippen LogP contribution in [0.2, 0.25) is 0 Å². The molecule has 0 radical (unpaired) electrons. The summed E-state index contributed by atoms with van der Waals surface area (Å²) < 4.78 is 12.2. The molecule has 12 heavy (non-hydrogen) atoms. The molecule has 2 atom stereocenters. The van der Waals surface area contributed by atoms with Gasteiger partial charge in [0.25, 0.3) is 0 Å². The van der Waals surface area contributed by atoms with Gasteiger partial charge in [0.15, 0.2) is 6.29 Å². The molecule has 1 aliphatic rings. The summed E-state index contributed by atoms with van der Waals surface area (Å²) in [6.45, 7) is 3.92. The van der Waals surface area contributed by atoms with Crippen molar-refractivity contribution in [2.24, 2.45) is 5.92 Å². The maximum atomic E-state index is 5.61. The average Bonchev–Trinajstić information content (AvgIpc) is 2.16. The monoisotopic (exact) mass is 284 g/mol. The van der Waals surface area contributed by atoms with Crippen molar-refractivity contribution in [2.45, 2.75) is 32.5 Å². The molecule has 1 aliphatic heterocycles. The van der Waals surface area contributed by atoms with Gasteiger partial charge in [-0.15, -0.1) is 0 Å². The molecule has 0 bridgehead atoms. The molecule has 3 heteroatoms. The van der Waals surface area contributed by atoms with Crippen LogP contribution < -0.4 is 0 Å². The zero-order chi connectivity index (χ0) is 8.81. The third-order valence-corrected chi connectivity index (χ3v) is 3.47. The smallest absolute Gasteiger partial charge is 0.157 e. The van der Waals surface area contributed by atoms with E-state index in [4.69, 9.17) is 9.47 Å². The topological polar surface area (TPSA) is 18.5 Å².